The van der Waals surface area contributed by atoms with Crippen LogP contribution < -0.4 is 5.32 Å². The molecule has 106 valence electrons. The Hall–Kier alpha value is -0.620. The maximum atomic E-state index is 12.0. The van der Waals surface area contributed by atoms with Gasteiger partial charge in [0.25, 0.3) is 0 Å². The van der Waals surface area contributed by atoms with E-state index in [2.05, 4.69) is 19.2 Å². The fourth-order valence-corrected chi connectivity index (χ4v) is 3.70. The molecule has 1 amide bonds. The molecule has 1 unspecified atom stereocenters. The minimum atomic E-state index is -2.94. The molecule has 1 aliphatic rings. The number of hydrogen-bond acceptors (Lipinski definition) is 4. The zero-order valence-corrected chi connectivity index (χ0v) is 12.3. The number of carbonyl (C=O) groups is 1. The Labute approximate surface area is 110 Å². The minimum absolute atomic E-state index is 0.0722. The van der Waals surface area contributed by atoms with E-state index in [4.69, 9.17) is 0 Å². The molecule has 1 saturated heterocycles. The van der Waals surface area contributed by atoms with Crippen molar-refractivity contribution >= 4 is 15.7 Å². The van der Waals surface area contributed by atoms with E-state index < -0.39 is 9.84 Å². The van der Waals surface area contributed by atoms with E-state index in [-0.39, 0.29) is 23.5 Å². The summed E-state index contributed by atoms with van der Waals surface area (Å²) in [5.74, 6) is 0.277. The van der Waals surface area contributed by atoms with Crippen molar-refractivity contribution < 1.29 is 13.2 Å². The Morgan fingerprint density at radius 1 is 1.44 bits per heavy atom. The first-order chi connectivity index (χ1) is 8.32. The van der Waals surface area contributed by atoms with E-state index in [1.54, 1.807) is 11.8 Å². The topological polar surface area (TPSA) is 66.5 Å². The first-order valence-corrected chi connectivity index (χ1v) is 8.37. The maximum Gasteiger partial charge on any atom is 0.222 e. The Kier molecular flexibility index (Phi) is 5.59. The smallest absolute Gasteiger partial charge is 0.222 e. The molecule has 0 aromatic rings. The molecular weight excluding hydrogens is 252 g/mol. The van der Waals surface area contributed by atoms with E-state index in [0.717, 1.165) is 13.0 Å². The van der Waals surface area contributed by atoms with Gasteiger partial charge in [-0.2, -0.15) is 0 Å². The van der Waals surface area contributed by atoms with Crippen LogP contribution in [0, 0.1) is 0 Å². The van der Waals surface area contributed by atoms with Gasteiger partial charge < -0.3 is 10.2 Å². The monoisotopic (exact) mass is 276 g/mol. The van der Waals surface area contributed by atoms with Crippen molar-refractivity contribution in [2.24, 2.45) is 0 Å². The van der Waals surface area contributed by atoms with Gasteiger partial charge in [0.15, 0.2) is 9.84 Å². The van der Waals surface area contributed by atoms with Crippen molar-refractivity contribution in [3.8, 4) is 0 Å². The van der Waals surface area contributed by atoms with Crippen LogP contribution in [0.1, 0.15) is 33.6 Å². The summed E-state index contributed by atoms with van der Waals surface area (Å²) in [7, 11) is -2.94. The molecule has 18 heavy (non-hydrogen) atoms. The van der Waals surface area contributed by atoms with E-state index in [1.165, 1.54) is 0 Å². The van der Waals surface area contributed by atoms with E-state index >= 15 is 0 Å². The molecule has 6 heteroatoms. The zero-order valence-electron chi connectivity index (χ0n) is 11.5. The van der Waals surface area contributed by atoms with Gasteiger partial charge in [-0.15, -0.1) is 0 Å². The lowest BCUT2D eigenvalue weighted by atomic mass is 10.2. The number of rotatable bonds is 5. The number of hydrogen-bond donors (Lipinski definition) is 1. The Balaban J connectivity index is 2.34. The summed E-state index contributed by atoms with van der Waals surface area (Å²) in [6.07, 6.45) is 1.29. The van der Waals surface area contributed by atoms with Gasteiger partial charge in [-0.3, -0.25) is 4.79 Å². The predicted octanol–water partition coefficient (Wildman–Crippen LogP) is 0.410. The second-order valence-corrected chi connectivity index (χ2v) is 7.49. The lowest BCUT2D eigenvalue weighted by molar-refractivity contribution is -0.132. The number of nitrogens with zero attached hydrogens (tertiary/aromatic N) is 1. The van der Waals surface area contributed by atoms with Crippen molar-refractivity contribution in [3.63, 3.8) is 0 Å². The van der Waals surface area contributed by atoms with Crippen LogP contribution in [0.3, 0.4) is 0 Å². The molecule has 1 aliphatic heterocycles. The minimum Gasteiger partial charge on any atom is -0.338 e. The molecule has 0 radical (unpaired) electrons. The summed E-state index contributed by atoms with van der Waals surface area (Å²) in [4.78, 5) is 13.7. The molecule has 1 fully saturated rings. The van der Waals surface area contributed by atoms with Crippen LogP contribution in [0.4, 0.5) is 0 Å². The SMILES string of the molecule is CC(C)NCCCC(=O)N1CCS(=O)(=O)CC1C. The molecule has 0 bridgehead atoms. The summed E-state index contributed by atoms with van der Waals surface area (Å²) >= 11 is 0. The number of nitrogens with one attached hydrogen (secondary N) is 1. The number of carbonyl (C=O) groups excluding carboxylic acids is 1. The van der Waals surface area contributed by atoms with E-state index in [1.807, 2.05) is 0 Å². The average Bonchev–Trinajstić information content (AvgIpc) is 2.22. The molecule has 0 saturated carbocycles. The standard InChI is InChI=1S/C12H24N2O3S/c1-10(2)13-6-4-5-12(15)14-7-8-18(16,17)9-11(14)3/h10-11,13H,4-9H2,1-3H3. The zero-order chi connectivity index (χ0) is 13.8. The molecule has 1 N–H and O–H groups in total. The highest BCUT2D eigenvalue weighted by molar-refractivity contribution is 7.91. The Bertz CT molecular complexity index is 379. The maximum absolute atomic E-state index is 12.0. The second kappa shape index (κ2) is 6.52. The summed E-state index contributed by atoms with van der Waals surface area (Å²) in [5, 5.41) is 3.26. The van der Waals surface area contributed by atoms with Gasteiger partial charge in [0, 0.05) is 25.0 Å². The van der Waals surface area contributed by atoms with Crippen LogP contribution in [0.25, 0.3) is 0 Å². The van der Waals surface area contributed by atoms with Crippen LogP contribution >= 0.6 is 0 Å². The van der Waals surface area contributed by atoms with Gasteiger partial charge in [-0.05, 0) is 19.9 Å². The van der Waals surface area contributed by atoms with Crippen LogP contribution in [0.5, 0.6) is 0 Å². The average molecular weight is 276 g/mol. The van der Waals surface area contributed by atoms with Gasteiger partial charge in [0.05, 0.1) is 11.5 Å². The predicted molar refractivity (Wildman–Crippen MR) is 72.2 cm³/mol. The third kappa shape index (κ3) is 4.94. The summed E-state index contributed by atoms with van der Waals surface area (Å²) in [5.41, 5.74) is 0. The van der Waals surface area contributed by atoms with Gasteiger partial charge in [-0.25, -0.2) is 8.42 Å². The lowest BCUT2D eigenvalue weighted by Gasteiger charge is -2.33. The fraction of sp³-hybridized carbons (Fsp3) is 0.917. The molecule has 0 aliphatic carbocycles. The Morgan fingerprint density at radius 3 is 2.67 bits per heavy atom. The van der Waals surface area contributed by atoms with Crippen molar-refractivity contribution in [2.75, 3.05) is 24.6 Å². The molecule has 0 aromatic carbocycles. The van der Waals surface area contributed by atoms with Crippen molar-refractivity contribution in [2.45, 2.75) is 45.7 Å². The largest absolute Gasteiger partial charge is 0.338 e. The highest BCUT2D eigenvalue weighted by Crippen LogP contribution is 2.13. The van der Waals surface area contributed by atoms with Crippen molar-refractivity contribution in [1.82, 2.24) is 10.2 Å². The molecular formula is C12H24N2O3S. The summed E-state index contributed by atoms with van der Waals surface area (Å²) < 4.78 is 22.8. The molecule has 5 nitrogen and oxygen atoms in total. The number of sulfone groups is 1. The van der Waals surface area contributed by atoms with Crippen molar-refractivity contribution in [3.05, 3.63) is 0 Å². The highest BCUT2D eigenvalue weighted by atomic mass is 32.2. The molecule has 1 rings (SSSR count). The van der Waals surface area contributed by atoms with Crippen LogP contribution in [-0.4, -0.2) is 55.9 Å². The Morgan fingerprint density at radius 2 is 2.11 bits per heavy atom. The summed E-state index contributed by atoms with van der Waals surface area (Å²) in [6, 6.07) is 0.244. The lowest BCUT2D eigenvalue weighted by Crippen LogP contribution is -2.49. The van der Waals surface area contributed by atoms with Gasteiger partial charge in [0.2, 0.25) is 5.91 Å². The van der Waals surface area contributed by atoms with E-state index in [9.17, 15) is 13.2 Å². The third-order valence-corrected chi connectivity index (χ3v) is 4.91. The molecule has 1 heterocycles. The molecule has 0 spiro atoms. The quantitative estimate of drug-likeness (QED) is 0.739. The first-order valence-electron chi connectivity index (χ1n) is 6.55. The molecule has 1 atom stereocenters. The van der Waals surface area contributed by atoms with Crippen LogP contribution in [-0.2, 0) is 14.6 Å². The fourth-order valence-electron chi connectivity index (χ4n) is 2.14. The highest BCUT2D eigenvalue weighted by Gasteiger charge is 2.30. The van der Waals surface area contributed by atoms with Gasteiger partial charge >= 0.3 is 0 Å². The van der Waals surface area contributed by atoms with Crippen molar-refractivity contribution in [1.29, 1.82) is 0 Å². The second-order valence-electron chi connectivity index (χ2n) is 5.26. The van der Waals surface area contributed by atoms with Gasteiger partial charge in [0.1, 0.15) is 0 Å². The summed E-state index contributed by atoms with van der Waals surface area (Å²) in [6.45, 7) is 7.11. The molecule has 0 aromatic heterocycles. The normalized spacial score (nSPS) is 23.3. The third-order valence-electron chi connectivity index (χ3n) is 3.11. The number of amides is 1. The van der Waals surface area contributed by atoms with E-state index in [0.29, 0.717) is 19.0 Å². The first kappa shape index (κ1) is 15.4. The van der Waals surface area contributed by atoms with Gasteiger partial charge in [-0.1, -0.05) is 13.8 Å². The van der Waals surface area contributed by atoms with Crippen LogP contribution in [0.15, 0.2) is 0 Å². The van der Waals surface area contributed by atoms with Crippen LogP contribution in [0.2, 0.25) is 0 Å².